The van der Waals surface area contributed by atoms with Crippen LogP contribution in [0.1, 0.15) is 18.9 Å². The molecule has 0 amide bonds. The van der Waals surface area contributed by atoms with E-state index in [9.17, 15) is 0 Å². The molecule has 1 N–H and O–H groups in total. The van der Waals surface area contributed by atoms with Gasteiger partial charge in [-0.15, -0.1) is 24.0 Å². The lowest BCUT2D eigenvalue weighted by Gasteiger charge is -2.22. The Morgan fingerprint density at radius 3 is 2.85 bits per heavy atom. The van der Waals surface area contributed by atoms with E-state index < -0.39 is 0 Å². The van der Waals surface area contributed by atoms with E-state index in [1.807, 2.05) is 0 Å². The smallest absolute Gasteiger partial charge is 0.194 e. The van der Waals surface area contributed by atoms with E-state index in [1.165, 1.54) is 11.3 Å². The highest BCUT2D eigenvalue weighted by Gasteiger charge is 2.24. The van der Waals surface area contributed by atoms with Gasteiger partial charge in [0.1, 0.15) is 0 Å². The van der Waals surface area contributed by atoms with Crippen LogP contribution in [0.25, 0.3) is 0 Å². The normalized spacial score (nSPS) is 17.0. The molecule has 27 heavy (non-hydrogen) atoms. The van der Waals surface area contributed by atoms with Gasteiger partial charge in [-0.25, -0.2) is 4.99 Å². The van der Waals surface area contributed by atoms with E-state index in [2.05, 4.69) is 60.4 Å². The number of aliphatic imine (C=N–C) groups is 1. The van der Waals surface area contributed by atoms with Crippen LogP contribution in [0.3, 0.4) is 0 Å². The second-order valence-electron chi connectivity index (χ2n) is 6.90. The van der Waals surface area contributed by atoms with Gasteiger partial charge in [0.2, 0.25) is 0 Å². The van der Waals surface area contributed by atoms with Crippen molar-refractivity contribution in [2.24, 2.45) is 10.9 Å². The van der Waals surface area contributed by atoms with Gasteiger partial charge in [0, 0.05) is 52.4 Å². The highest BCUT2D eigenvalue weighted by atomic mass is 127. The number of halogens is 1. The number of hydrogen-bond acceptors (Lipinski definition) is 4. The lowest BCUT2D eigenvalue weighted by atomic mass is 10.1. The summed E-state index contributed by atoms with van der Waals surface area (Å²) in [5.41, 5.74) is 2.43. The van der Waals surface area contributed by atoms with Crippen molar-refractivity contribution >= 4 is 35.6 Å². The highest BCUT2D eigenvalue weighted by molar-refractivity contribution is 14.0. The van der Waals surface area contributed by atoms with Crippen molar-refractivity contribution in [3.63, 3.8) is 0 Å². The number of nitrogens with one attached hydrogen (secondary N) is 1. The lowest BCUT2D eigenvalue weighted by molar-refractivity contribution is 0.0536. The summed E-state index contributed by atoms with van der Waals surface area (Å²) in [4.78, 5) is 9.33. The Labute approximate surface area is 181 Å². The van der Waals surface area contributed by atoms with Crippen molar-refractivity contribution in [1.29, 1.82) is 0 Å². The van der Waals surface area contributed by atoms with Crippen LogP contribution in [-0.4, -0.2) is 71.5 Å². The first kappa shape index (κ1) is 24.0. The highest BCUT2D eigenvalue weighted by Crippen LogP contribution is 2.18. The number of nitrogens with zero attached hydrogens (tertiary/aromatic N) is 3. The Morgan fingerprint density at radius 1 is 1.33 bits per heavy atom. The maximum Gasteiger partial charge on any atom is 0.194 e. The third kappa shape index (κ3) is 8.23. The van der Waals surface area contributed by atoms with Crippen LogP contribution in [0.15, 0.2) is 29.3 Å². The topological polar surface area (TPSA) is 49.3 Å². The molecule has 1 saturated heterocycles. The molecular formula is C20H35IN4O2. The fraction of sp³-hybridized carbons (Fsp3) is 0.650. The Bertz CT molecular complexity index is 569. The Hall–Kier alpha value is -1.06. The first-order valence-corrected chi connectivity index (χ1v) is 9.50. The van der Waals surface area contributed by atoms with E-state index in [0.717, 1.165) is 38.6 Å². The molecule has 2 rings (SSSR count). The summed E-state index contributed by atoms with van der Waals surface area (Å²) < 4.78 is 10.7. The molecule has 0 bridgehead atoms. The summed E-state index contributed by atoms with van der Waals surface area (Å²) in [6, 6.07) is 8.55. The van der Waals surface area contributed by atoms with Gasteiger partial charge < -0.3 is 24.6 Å². The number of anilines is 1. The van der Waals surface area contributed by atoms with Crippen molar-refractivity contribution in [1.82, 2.24) is 10.2 Å². The van der Waals surface area contributed by atoms with Gasteiger partial charge >= 0.3 is 0 Å². The van der Waals surface area contributed by atoms with Gasteiger partial charge in [0.05, 0.1) is 26.4 Å². The second-order valence-corrected chi connectivity index (χ2v) is 6.90. The molecule has 1 aromatic rings. The molecule has 1 heterocycles. The molecule has 1 aromatic carbocycles. The summed E-state index contributed by atoms with van der Waals surface area (Å²) >= 11 is 0. The van der Waals surface area contributed by atoms with Crippen molar-refractivity contribution in [3.8, 4) is 0 Å². The molecule has 0 aromatic heterocycles. The van der Waals surface area contributed by atoms with Crippen LogP contribution >= 0.6 is 24.0 Å². The Balaban J connectivity index is 0.00000364. The van der Waals surface area contributed by atoms with E-state index >= 15 is 0 Å². The molecule has 0 radical (unpaired) electrons. The number of guanidine groups is 1. The molecule has 6 nitrogen and oxygen atoms in total. The minimum atomic E-state index is 0. The molecule has 0 saturated carbocycles. The van der Waals surface area contributed by atoms with E-state index in [0.29, 0.717) is 25.7 Å². The molecule has 7 heteroatoms. The number of hydrogen-bond donors (Lipinski definition) is 1. The van der Waals surface area contributed by atoms with E-state index in [1.54, 1.807) is 7.11 Å². The number of rotatable bonds is 9. The molecule has 0 aliphatic carbocycles. The second kappa shape index (κ2) is 13.2. The monoisotopic (exact) mass is 490 g/mol. The van der Waals surface area contributed by atoms with Crippen LogP contribution < -0.4 is 10.2 Å². The summed E-state index contributed by atoms with van der Waals surface area (Å²) in [5.74, 6) is 1.56. The van der Waals surface area contributed by atoms with Gasteiger partial charge in [0.25, 0.3) is 0 Å². The quantitative estimate of drug-likeness (QED) is 0.250. The number of ether oxygens (including phenoxy) is 2. The minimum absolute atomic E-state index is 0. The first-order chi connectivity index (χ1) is 12.6. The van der Waals surface area contributed by atoms with Gasteiger partial charge in [0.15, 0.2) is 5.96 Å². The van der Waals surface area contributed by atoms with Crippen LogP contribution in [0.2, 0.25) is 0 Å². The van der Waals surface area contributed by atoms with Crippen molar-refractivity contribution < 1.29 is 9.47 Å². The minimum Gasteiger partial charge on any atom is -0.382 e. The number of likely N-dealkylation sites (tertiary alicyclic amines) is 1. The standard InChI is InChI=1S/C20H34N4O2.HI/c1-5-21-20(22-14-17-7-6-8-19(13-17)23(2)3)24-10-9-18(15-24)16-26-12-11-25-4;/h6-8,13,18H,5,9-12,14-16H2,1-4H3,(H,21,22);1H. The zero-order chi connectivity index (χ0) is 18.8. The number of methoxy groups -OCH3 is 1. The predicted octanol–water partition coefficient (Wildman–Crippen LogP) is 2.82. The van der Waals surface area contributed by atoms with E-state index in [-0.39, 0.29) is 24.0 Å². The average molecular weight is 490 g/mol. The van der Waals surface area contributed by atoms with Gasteiger partial charge in [-0.1, -0.05) is 12.1 Å². The molecule has 1 aliphatic rings. The van der Waals surface area contributed by atoms with Crippen LogP contribution in [0.4, 0.5) is 5.69 Å². The summed E-state index contributed by atoms with van der Waals surface area (Å²) in [6.07, 6.45) is 1.15. The zero-order valence-electron chi connectivity index (χ0n) is 17.1. The molecular weight excluding hydrogens is 455 g/mol. The van der Waals surface area contributed by atoms with Crippen molar-refractivity contribution in [3.05, 3.63) is 29.8 Å². The van der Waals surface area contributed by atoms with Gasteiger partial charge in [-0.3, -0.25) is 0 Å². The van der Waals surface area contributed by atoms with Crippen molar-refractivity contribution in [2.75, 3.05) is 65.6 Å². The molecule has 1 aliphatic heterocycles. The summed E-state index contributed by atoms with van der Waals surface area (Å²) in [7, 11) is 5.82. The summed E-state index contributed by atoms with van der Waals surface area (Å²) in [5, 5.41) is 3.43. The molecule has 1 fully saturated rings. The molecule has 154 valence electrons. The van der Waals surface area contributed by atoms with Crippen LogP contribution in [0, 0.1) is 5.92 Å². The Kier molecular flexibility index (Phi) is 11.7. The maximum absolute atomic E-state index is 5.69. The fourth-order valence-electron chi connectivity index (χ4n) is 3.08. The maximum atomic E-state index is 5.69. The van der Waals surface area contributed by atoms with Gasteiger partial charge in [-0.2, -0.15) is 0 Å². The van der Waals surface area contributed by atoms with Crippen molar-refractivity contribution in [2.45, 2.75) is 19.9 Å². The predicted molar refractivity (Wildman–Crippen MR) is 123 cm³/mol. The number of benzene rings is 1. The molecule has 1 unspecified atom stereocenters. The molecule has 1 atom stereocenters. The first-order valence-electron chi connectivity index (χ1n) is 9.50. The largest absolute Gasteiger partial charge is 0.382 e. The summed E-state index contributed by atoms with van der Waals surface area (Å²) in [6.45, 7) is 7.83. The zero-order valence-corrected chi connectivity index (χ0v) is 19.4. The third-order valence-corrected chi connectivity index (χ3v) is 4.54. The average Bonchev–Trinajstić information content (AvgIpc) is 3.11. The van der Waals surface area contributed by atoms with Crippen LogP contribution in [-0.2, 0) is 16.0 Å². The lowest BCUT2D eigenvalue weighted by Crippen LogP contribution is -2.40. The van der Waals surface area contributed by atoms with Crippen LogP contribution in [0.5, 0.6) is 0 Å². The van der Waals surface area contributed by atoms with Gasteiger partial charge in [-0.05, 0) is 31.0 Å². The third-order valence-electron chi connectivity index (χ3n) is 4.54. The SMILES string of the molecule is CCNC(=NCc1cccc(N(C)C)c1)N1CCC(COCCOC)C1.I. The Morgan fingerprint density at radius 2 is 2.15 bits per heavy atom. The fourth-order valence-corrected chi connectivity index (χ4v) is 3.08. The molecule has 0 spiro atoms. The van der Waals surface area contributed by atoms with E-state index in [4.69, 9.17) is 14.5 Å².